The van der Waals surface area contributed by atoms with Gasteiger partial charge in [-0.2, -0.15) is 0 Å². The second-order valence-corrected chi connectivity index (χ2v) is 21.1. The van der Waals surface area contributed by atoms with E-state index in [-0.39, 0.29) is 138 Å². The Morgan fingerprint density at radius 2 is 0.987 bits per heavy atom. The zero-order chi connectivity index (χ0) is 54.4. The molecule has 0 bridgehead atoms. The minimum absolute atomic E-state index is 0.0131. The minimum Gasteiger partial charge on any atom is -0.507 e. The van der Waals surface area contributed by atoms with Gasteiger partial charge in [-0.15, -0.1) is 0 Å². The predicted octanol–water partition coefficient (Wildman–Crippen LogP) is 11.3. The van der Waals surface area contributed by atoms with Crippen molar-refractivity contribution in [2.24, 2.45) is 0 Å². The van der Waals surface area contributed by atoms with Gasteiger partial charge < -0.3 is 75.0 Å². The highest BCUT2D eigenvalue weighted by Gasteiger charge is 2.39. The van der Waals surface area contributed by atoms with E-state index in [9.17, 15) is 61.3 Å². The lowest BCUT2D eigenvalue weighted by Crippen LogP contribution is -2.32. The number of aromatic nitrogens is 3. The van der Waals surface area contributed by atoms with Gasteiger partial charge in [0.2, 0.25) is 7.28 Å². The molecule has 12 N–H and O–H groups in total. The van der Waals surface area contributed by atoms with Crippen LogP contribution in [0.5, 0.6) is 69.0 Å². The predicted molar refractivity (Wildman–Crippen MR) is 301 cm³/mol. The molecule has 13 rings (SSSR count). The van der Waals surface area contributed by atoms with Crippen LogP contribution >= 0.6 is 0 Å². The Hall–Kier alpha value is -9.18. The van der Waals surface area contributed by atoms with Crippen molar-refractivity contribution >= 4 is 95.0 Å². The number of nitrogens with zero attached hydrogens (tertiary/aromatic N) is 3. The molecule has 6 aromatic carbocycles. The summed E-state index contributed by atoms with van der Waals surface area (Å²) >= 11 is 0. The van der Waals surface area contributed by atoms with Gasteiger partial charge in [-0.25, -0.2) is 0 Å². The molecule has 0 saturated carbocycles. The highest BCUT2D eigenvalue weighted by Crippen LogP contribution is 2.60. The molecule has 0 fully saturated rings. The molecule has 0 atom stereocenters. The van der Waals surface area contributed by atoms with Crippen LogP contribution in [0, 0.1) is 48.5 Å². The molecule has 387 valence electrons. The zero-order valence-corrected chi connectivity index (χ0v) is 43.1. The third-order valence-electron chi connectivity index (χ3n) is 17.2. The fourth-order valence-corrected chi connectivity index (χ4v) is 13.3. The normalized spacial score (nSPS) is 15.3. The maximum atomic E-state index is 13.1. The van der Waals surface area contributed by atoms with Crippen molar-refractivity contribution in [3.05, 3.63) is 98.7 Å². The smallest absolute Gasteiger partial charge is 0.200 e. The summed E-state index contributed by atoms with van der Waals surface area (Å²) < 4.78 is 4.87. The van der Waals surface area contributed by atoms with Crippen molar-refractivity contribution in [2.45, 2.75) is 87.0 Å². The number of allylic oxidation sites excluding steroid dienone is 12. The van der Waals surface area contributed by atoms with Crippen molar-refractivity contribution in [1.82, 2.24) is 13.7 Å². The van der Waals surface area contributed by atoms with Crippen molar-refractivity contribution in [3.8, 4) is 85.8 Å². The summed E-state index contributed by atoms with van der Waals surface area (Å²) in [6.45, 7) is 11.3. The SMILES string of the molecule is Cc1c(O)c(C)c2c(c1O)c1c(O)c(-c3c(C)c(O)c4c(c3C)c3c(O)c(O)c(O)c5c3n4-c3c(C)c(O)c(O)c4c3c3c(c(C)c(O)c(O)c3n4C3=CCCC=C3)[B]5)c(C)c(O)c1n2C1=CC=C(C2=CC=CCC2)CC1. The van der Waals surface area contributed by atoms with E-state index in [1.165, 1.54) is 18.4 Å². The van der Waals surface area contributed by atoms with E-state index < -0.39 is 46.0 Å². The largest absolute Gasteiger partial charge is 0.507 e. The molecule has 3 aliphatic carbocycles. The number of phenols is 12. The molecule has 4 heterocycles. The Labute approximate surface area is 439 Å². The summed E-state index contributed by atoms with van der Waals surface area (Å²) in [5.74, 6) is -6.17. The molecule has 0 spiro atoms. The molecule has 1 aliphatic heterocycles. The minimum atomic E-state index is -0.923. The first-order chi connectivity index (χ1) is 36.7. The van der Waals surface area contributed by atoms with E-state index in [4.69, 9.17) is 0 Å². The number of aromatic hydroxyl groups is 12. The lowest BCUT2D eigenvalue weighted by molar-refractivity contribution is 0.373. The van der Waals surface area contributed by atoms with Crippen molar-refractivity contribution < 1.29 is 61.3 Å². The number of rotatable bonds is 4. The number of hydrogen-bond acceptors (Lipinski definition) is 12. The van der Waals surface area contributed by atoms with Gasteiger partial charge in [0.05, 0.1) is 43.9 Å². The van der Waals surface area contributed by atoms with E-state index in [2.05, 4.69) is 18.2 Å². The molecule has 77 heavy (non-hydrogen) atoms. The maximum absolute atomic E-state index is 13.1. The third-order valence-corrected chi connectivity index (χ3v) is 17.2. The van der Waals surface area contributed by atoms with Gasteiger partial charge in [-0.05, 0) is 132 Å². The Balaban J connectivity index is 1.19. The van der Waals surface area contributed by atoms with Crippen LogP contribution in [-0.4, -0.2) is 82.3 Å². The first-order valence-corrected chi connectivity index (χ1v) is 25.6. The van der Waals surface area contributed by atoms with E-state index in [0.717, 1.165) is 18.5 Å². The van der Waals surface area contributed by atoms with Crippen LogP contribution in [0.2, 0.25) is 0 Å². The molecule has 0 unspecified atom stereocenters. The molecule has 9 aromatic rings. The Kier molecular flexibility index (Phi) is 9.83. The highest BCUT2D eigenvalue weighted by molar-refractivity contribution is 6.75. The van der Waals surface area contributed by atoms with Gasteiger partial charge in [0.15, 0.2) is 40.2 Å². The van der Waals surface area contributed by atoms with Gasteiger partial charge in [0.25, 0.3) is 0 Å². The molecule has 4 aliphatic rings. The number of benzene rings is 6. The van der Waals surface area contributed by atoms with Crippen molar-refractivity contribution in [3.63, 3.8) is 0 Å². The second-order valence-electron chi connectivity index (χ2n) is 21.1. The van der Waals surface area contributed by atoms with Crippen molar-refractivity contribution in [2.75, 3.05) is 0 Å². The summed E-state index contributed by atoms with van der Waals surface area (Å²) in [5, 5.41) is 148. The van der Waals surface area contributed by atoms with E-state index in [1.807, 2.05) is 24.3 Å². The molecule has 0 amide bonds. The van der Waals surface area contributed by atoms with Crippen LogP contribution in [0.15, 0.2) is 59.8 Å². The number of phenolic OH excluding ortho intramolecular Hbond substituents is 12. The molecule has 3 aromatic heterocycles. The molecular formula is C61H53BN3O12. The standard InChI is InChI=1S/C61H53BN3O12/c1-22-33(35-24(3)53(69)49-40(56(35)72)39-44(26(5)50(66)28(7)51(39)67)63(49)32-20-18-30(19-21-32)29-14-10-8-11-15-29)23(2)52(68)46-34(22)38-45-42(58(74)61(77)57(38)73)62-41-25(4)54(70)59(75)47-36(41)37-43(65(45)46)27(6)55(71)60(76)48(37)64(47)31-16-12-9-13-17-31/h8,10,12,14,16-18,20,66-77H,9,11,13,15,19,21H2,1-7H3. The van der Waals surface area contributed by atoms with Crippen LogP contribution in [0.3, 0.4) is 0 Å². The second kappa shape index (κ2) is 15.9. The first kappa shape index (κ1) is 47.5. The Morgan fingerprint density at radius 1 is 0.364 bits per heavy atom. The van der Waals surface area contributed by atoms with Gasteiger partial charge in [0.1, 0.15) is 39.8 Å². The number of fused-ring (bicyclic) bond motifs is 7. The average molecular weight is 1030 g/mol. The molecule has 0 saturated heterocycles. The maximum Gasteiger partial charge on any atom is 0.200 e. The third kappa shape index (κ3) is 5.76. The lowest BCUT2D eigenvalue weighted by Gasteiger charge is -2.23. The lowest BCUT2D eigenvalue weighted by atomic mass is 9.59. The number of hydrogen-bond donors (Lipinski definition) is 12. The molecule has 16 heteroatoms. The number of aryl methyl sites for hydroxylation is 2. The van der Waals surface area contributed by atoms with Crippen LogP contribution in [0.4, 0.5) is 0 Å². The van der Waals surface area contributed by atoms with E-state index >= 15 is 0 Å². The average Bonchev–Trinajstić information content (AvgIpc) is 3.84. The van der Waals surface area contributed by atoms with E-state index in [0.29, 0.717) is 48.0 Å². The molecule has 15 nitrogen and oxygen atoms in total. The van der Waals surface area contributed by atoms with E-state index in [1.54, 1.807) is 68.2 Å². The fraction of sp³-hybridized carbons (Fsp3) is 0.213. The molecule has 1 radical (unpaired) electrons. The zero-order valence-electron chi connectivity index (χ0n) is 43.1. The summed E-state index contributed by atoms with van der Waals surface area (Å²) in [6, 6.07) is 0. The summed E-state index contributed by atoms with van der Waals surface area (Å²) in [6.07, 6.45) is 20.2. The van der Waals surface area contributed by atoms with Gasteiger partial charge in [-0.1, -0.05) is 41.9 Å². The fourth-order valence-electron chi connectivity index (χ4n) is 13.3. The van der Waals surface area contributed by atoms with Crippen molar-refractivity contribution in [1.29, 1.82) is 0 Å². The topological polar surface area (TPSA) is 258 Å². The van der Waals surface area contributed by atoms with Crippen LogP contribution < -0.4 is 10.9 Å². The van der Waals surface area contributed by atoms with Gasteiger partial charge >= 0.3 is 0 Å². The highest BCUT2D eigenvalue weighted by atomic mass is 16.3. The molecular weight excluding hydrogens is 977 g/mol. The van der Waals surface area contributed by atoms with Crippen LogP contribution in [-0.2, 0) is 0 Å². The summed E-state index contributed by atoms with van der Waals surface area (Å²) in [5.41, 5.74) is 6.33. The Bertz CT molecular complexity index is 4570. The monoisotopic (exact) mass is 1030 g/mol. The van der Waals surface area contributed by atoms with Crippen LogP contribution in [0.25, 0.3) is 93.6 Å². The quantitative estimate of drug-likeness (QED) is 0.0446. The summed E-state index contributed by atoms with van der Waals surface area (Å²) in [4.78, 5) is 0. The summed E-state index contributed by atoms with van der Waals surface area (Å²) in [7, 11) is 1.50. The van der Waals surface area contributed by atoms with Gasteiger partial charge in [-0.3, -0.25) is 0 Å². The van der Waals surface area contributed by atoms with Gasteiger partial charge in [0, 0.05) is 60.9 Å². The Morgan fingerprint density at radius 3 is 1.64 bits per heavy atom. The van der Waals surface area contributed by atoms with Crippen LogP contribution in [0.1, 0.15) is 77.5 Å². The first-order valence-electron chi connectivity index (χ1n) is 25.6.